The number of amides is 2. The zero-order valence-electron chi connectivity index (χ0n) is 16.7. The molecule has 8 nitrogen and oxygen atoms in total. The zero-order valence-corrected chi connectivity index (χ0v) is 17.5. The maximum Gasteiger partial charge on any atom is 0.310 e. The molecule has 33 heavy (non-hydrogen) atoms. The zero-order chi connectivity index (χ0) is 24.5. The Balaban J connectivity index is 1.72. The summed E-state index contributed by atoms with van der Waals surface area (Å²) in [5.74, 6) is 3.16. The molecule has 0 unspecified atom stereocenters. The molecule has 0 spiro atoms. The third kappa shape index (κ3) is 5.77. The van der Waals surface area contributed by atoms with Crippen molar-refractivity contribution in [3.05, 3.63) is 54.1 Å². The third-order valence-corrected chi connectivity index (χ3v) is 5.84. The molecule has 1 saturated heterocycles. The highest BCUT2D eigenvalue weighted by atomic mass is 32.5. The highest BCUT2D eigenvalue weighted by molar-refractivity contribution is 8.45. The largest absolute Gasteiger partial charge is 0.380 e. The summed E-state index contributed by atoms with van der Waals surface area (Å²) in [6.45, 7) is -0.277. The van der Waals surface area contributed by atoms with Gasteiger partial charge in [0.15, 0.2) is 12.2 Å². The Kier molecular flexibility index (Phi) is 5.89. The lowest BCUT2D eigenvalue weighted by Gasteiger charge is -2.40. The van der Waals surface area contributed by atoms with E-state index < -0.39 is 39.1 Å². The van der Waals surface area contributed by atoms with Crippen molar-refractivity contribution >= 4 is 39.6 Å². The minimum absolute atomic E-state index is 0.121. The number of morpholine rings is 1. The molecule has 0 aliphatic carbocycles. The highest BCUT2D eigenvalue weighted by Crippen LogP contribution is 3.02. The van der Waals surface area contributed by atoms with Crippen LogP contribution in [0.25, 0.3) is 0 Å². The topological polar surface area (TPSA) is 117 Å². The van der Waals surface area contributed by atoms with E-state index in [4.69, 9.17) is 10.6 Å². The van der Waals surface area contributed by atoms with Gasteiger partial charge in [0, 0.05) is 17.9 Å². The van der Waals surface area contributed by atoms with Gasteiger partial charge in [-0.2, -0.15) is 5.10 Å². The van der Waals surface area contributed by atoms with Gasteiger partial charge in [-0.15, -0.1) is 0 Å². The summed E-state index contributed by atoms with van der Waals surface area (Å²) >= 11 is 0. The summed E-state index contributed by atoms with van der Waals surface area (Å²) in [6, 6.07) is 7.94. The van der Waals surface area contributed by atoms with Crippen LogP contribution in [-0.4, -0.2) is 48.5 Å². The monoisotopic (exact) mass is 494 g/mol. The van der Waals surface area contributed by atoms with Gasteiger partial charge < -0.3 is 25.9 Å². The van der Waals surface area contributed by atoms with E-state index in [9.17, 15) is 34.1 Å². The molecule has 14 heteroatoms. The first-order valence-electron chi connectivity index (χ1n) is 9.29. The number of nitrogens with zero attached hydrogens (tertiary/aromatic N) is 2. The molecular weight excluding hydrogens is 475 g/mol. The average Bonchev–Trinajstić information content (AvgIpc) is 2.73. The van der Waals surface area contributed by atoms with E-state index in [0.717, 1.165) is 4.90 Å². The lowest BCUT2D eigenvalue weighted by molar-refractivity contribution is -0.150. The first kappa shape index (κ1) is 24.4. The number of hydrazone groups is 1. The SMILES string of the molecule is NN=Cc1ccc(NC(=O)[C@H](O)[C@H]2OCCN(c3ccc(S(F)(F)(F)(F)F)cc3)C2=O)cc1. The van der Waals surface area contributed by atoms with Crippen molar-refractivity contribution in [1.82, 2.24) is 0 Å². The van der Waals surface area contributed by atoms with Crippen molar-refractivity contribution in [1.29, 1.82) is 0 Å². The van der Waals surface area contributed by atoms with Crippen molar-refractivity contribution in [3.63, 3.8) is 0 Å². The molecule has 0 radical (unpaired) electrons. The normalized spacial score (nSPS) is 20.2. The van der Waals surface area contributed by atoms with Gasteiger partial charge in [-0.25, -0.2) is 0 Å². The van der Waals surface area contributed by atoms with Crippen LogP contribution >= 0.6 is 10.2 Å². The maximum absolute atomic E-state index is 12.9. The number of hydrogen-bond donors (Lipinski definition) is 3. The average molecular weight is 494 g/mol. The minimum atomic E-state index is -9.86. The van der Waals surface area contributed by atoms with E-state index in [-0.39, 0.29) is 31.0 Å². The quantitative estimate of drug-likeness (QED) is 0.246. The van der Waals surface area contributed by atoms with Crippen molar-refractivity contribution in [2.75, 3.05) is 23.4 Å². The summed E-state index contributed by atoms with van der Waals surface area (Å²) in [4.78, 5) is 23.9. The van der Waals surface area contributed by atoms with Crippen molar-refractivity contribution in [3.8, 4) is 0 Å². The van der Waals surface area contributed by atoms with Gasteiger partial charge in [-0.1, -0.05) is 31.6 Å². The Morgan fingerprint density at radius 1 is 1.15 bits per heavy atom. The van der Waals surface area contributed by atoms with Gasteiger partial charge in [0.2, 0.25) is 0 Å². The molecular formula is C19H19F5N4O4S. The van der Waals surface area contributed by atoms with Crippen LogP contribution in [-0.2, 0) is 14.3 Å². The second-order valence-corrected chi connectivity index (χ2v) is 9.49. The number of anilines is 2. The van der Waals surface area contributed by atoms with Crippen molar-refractivity contribution < 1.29 is 38.9 Å². The number of aliphatic hydroxyl groups is 1. The van der Waals surface area contributed by atoms with Gasteiger partial charge in [-0.3, -0.25) is 9.59 Å². The highest BCUT2D eigenvalue weighted by Gasteiger charge is 2.65. The molecule has 0 saturated carbocycles. The van der Waals surface area contributed by atoms with Crippen LogP contribution in [0, 0.1) is 0 Å². The van der Waals surface area contributed by atoms with Crippen LogP contribution in [0.4, 0.5) is 30.8 Å². The number of aliphatic hydroxyl groups excluding tert-OH is 1. The Morgan fingerprint density at radius 3 is 2.30 bits per heavy atom. The van der Waals surface area contributed by atoms with Crippen LogP contribution in [0.2, 0.25) is 0 Å². The van der Waals surface area contributed by atoms with Crippen LogP contribution in [0.1, 0.15) is 5.56 Å². The fraction of sp³-hybridized carbons (Fsp3) is 0.211. The maximum atomic E-state index is 12.9. The number of halogens is 5. The number of hydrogen-bond acceptors (Lipinski definition) is 6. The standard InChI is InChI=1S/C19H19F5N4O4S/c20-33(21,22,23,24)15-7-5-14(6-8-15)28-9-10-32-17(19(28)31)16(29)18(30)27-13-3-1-12(2-4-13)11-26-25/h1-8,11,16-17,29H,9-10,25H2,(H,27,30)/t16-,17-/m1/s1. The van der Waals surface area contributed by atoms with Crippen molar-refractivity contribution in [2.45, 2.75) is 17.1 Å². The smallest absolute Gasteiger partial charge is 0.310 e. The Morgan fingerprint density at radius 2 is 1.76 bits per heavy atom. The molecule has 2 atom stereocenters. The summed E-state index contributed by atoms with van der Waals surface area (Å²) in [5.41, 5.74) is 0.817. The predicted octanol–water partition coefficient (Wildman–Crippen LogP) is 3.37. The summed E-state index contributed by atoms with van der Waals surface area (Å²) in [7, 11) is -9.86. The van der Waals surface area contributed by atoms with Crippen LogP contribution < -0.4 is 16.1 Å². The number of rotatable bonds is 6. The molecule has 0 aromatic heterocycles. The van der Waals surface area contributed by atoms with E-state index in [1.807, 2.05) is 0 Å². The lowest BCUT2D eigenvalue weighted by atomic mass is 10.1. The van der Waals surface area contributed by atoms with Gasteiger partial charge >= 0.3 is 10.2 Å². The molecule has 2 aromatic rings. The molecule has 0 bridgehead atoms. The molecule has 4 N–H and O–H groups in total. The van der Waals surface area contributed by atoms with Crippen LogP contribution in [0.5, 0.6) is 0 Å². The number of carbonyl (C=O) groups is 2. The summed E-state index contributed by atoms with van der Waals surface area (Å²) < 4.78 is 69.7. The Labute approximate surface area is 184 Å². The Hall–Kier alpha value is -3.23. The summed E-state index contributed by atoms with van der Waals surface area (Å²) in [5, 5.41) is 16.1. The number of benzene rings is 2. The minimum Gasteiger partial charge on any atom is -0.380 e. The number of ether oxygens (including phenoxy) is 1. The van der Waals surface area contributed by atoms with E-state index in [2.05, 4.69) is 10.4 Å². The van der Waals surface area contributed by atoms with E-state index in [1.165, 1.54) is 18.3 Å². The molecule has 2 aromatic carbocycles. The van der Waals surface area contributed by atoms with Gasteiger partial charge in [0.05, 0.1) is 12.8 Å². The molecule has 1 fully saturated rings. The van der Waals surface area contributed by atoms with Crippen LogP contribution in [0.3, 0.4) is 0 Å². The first-order valence-corrected chi connectivity index (χ1v) is 11.2. The summed E-state index contributed by atoms with van der Waals surface area (Å²) in [6.07, 6.45) is -2.24. The molecule has 180 valence electrons. The molecule has 1 aliphatic rings. The molecule has 1 aliphatic heterocycles. The molecule has 1 heterocycles. The second kappa shape index (κ2) is 7.97. The second-order valence-electron chi connectivity index (χ2n) is 7.08. The third-order valence-electron chi connectivity index (χ3n) is 4.67. The predicted molar refractivity (Wildman–Crippen MR) is 113 cm³/mol. The number of nitrogens with two attached hydrogens (primary N) is 1. The van der Waals surface area contributed by atoms with E-state index in [1.54, 1.807) is 12.1 Å². The molecule has 2 amide bonds. The lowest BCUT2D eigenvalue weighted by Crippen LogP contribution is -2.55. The van der Waals surface area contributed by atoms with Gasteiger partial charge in [0.1, 0.15) is 4.90 Å². The van der Waals surface area contributed by atoms with Gasteiger partial charge in [-0.05, 0) is 42.0 Å². The fourth-order valence-corrected chi connectivity index (χ4v) is 3.71. The number of carbonyl (C=O) groups excluding carboxylic acids is 2. The van der Waals surface area contributed by atoms with Crippen LogP contribution in [0.15, 0.2) is 58.5 Å². The van der Waals surface area contributed by atoms with Gasteiger partial charge in [0.25, 0.3) is 11.8 Å². The Bertz CT molecular complexity index is 1080. The number of nitrogens with one attached hydrogen (secondary N) is 1. The van der Waals surface area contributed by atoms with Crippen molar-refractivity contribution in [2.24, 2.45) is 10.9 Å². The molecule has 3 rings (SSSR count). The fourth-order valence-electron chi connectivity index (χ4n) is 3.06. The first-order chi connectivity index (χ1) is 15.2. The van der Waals surface area contributed by atoms with E-state index >= 15 is 0 Å². The van der Waals surface area contributed by atoms with E-state index in [0.29, 0.717) is 23.4 Å².